The first-order chi connectivity index (χ1) is 8.54. The Hall–Kier alpha value is -0.870. The number of nitrogens with one attached hydrogen (secondary N) is 1. The molecule has 0 radical (unpaired) electrons. The lowest BCUT2D eigenvalue weighted by molar-refractivity contribution is -0.142. The summed E-state index contributed by atoms with van der Waals surface area (Å²) in [6.45, 7) is 9.18. The molecular formula is C14H23NO2S. The van der Waals surface area contributed by atoms with Gasteiger partial charge in [0, 0.05) is 15.8 Å². The smallest absolute Gasteiger partial charge is 0.319 e. The number of carbonyl (C=O) groups excluding carboxylic acids is 1. The van der Waals surface area contributed by atoms with E-state index in [0.717, 1.165) is 12.8 Å². The van der Waals surface area contributed by atoms with Crippen molar-refractivity contribution in [1.82, 2.24) is 5.32 Å². The fourth-order valence-corrected chi connectivity index (χ4v) is 2.83. The molecule has 1 unspecified atom stereocenters. The van der Waals surface area contributed by atoms with Gasteiger partial charge < -0.3 is 10.1 Å². The number of hydrogen-bond acceptors (Lipinski definition) is 4. The van der Waals surface area contributed by atoms with Gasteiger partial charge in [0.1, 0.15) is 0 Å². The number of thiophene rings is 1. The molecule has 1 atom stereocenters. The van der Waals surface area contributed by atoms with Gasteiger partial charge in [0.15, 0.2) is 0 Å². The van der Waals surface area contributed by atoms with E-state index in [4.69, 9.17) is 4.74 Å². The highest BCUT2D eigenvalue weighted by Gasteiger charge is 2.12. The first-order valence-electron chi connectivity index (χ1n) is 6.50. The van der Waals surface area contributed by atoms with Crippen LogP contribution in [0.2, 0.25) is 0 Å². The summed E-state index contributed by atoms with van der Waals surface area (Å²) in [4.78, 5) is 14.1. The fourth-order valence-electron chi connectivity index (χ4n) is 1.81. The van der Waals surface area contributed by atoms with Gasteiger partial charge >= 0.3 is 5.97 Å². The molecule has 1 aromatic heterocycles. The van der Waals surface area contributed by atoms with Crippen LogP contribution < -0.4 is 5.32 Å². The molecule has 0 aliphatic rings. The van der Waals surface area contributed by atoms with Crippen LogP contribution in [0.15, 0.2) is 6.07 Å². The van der Waals surface area contributed by atoms with Crippen LogP contribution >= 0.6 is 11.3 Å². The summed E-state index contributed by atoms with van der Waals surface area (Å²) >= 11 is 1.79. The average Bonchev–Trinajstić information content (AvgIpc) is 2.66. The van der Waals surface area contributed by atoms with Gasteiger partial charge in [-0.1, -0.05) is 13.3 Å². The molecule has 0 saturated carbocycles. The molecule has 1 rings (SSSR count). The largest absolute Gasteiger partial charge is 0.465 e. The van der Waals surface area contributed by atoms with Crippen molar-refractivity contribution in [3.05, 3.63) is 21.4 Å². The maximum absolute atomic E-state index is 11.5. The predicted octanol–water partition coefficient (Wildman–Crippen LogP) is 3.36. The van der Waals surface area contributed by atoms with Crippen molar-refractivity contribution in [2.24, 2.45) is 0 Å². The molecule has 0 spiro atoms. The molecule has 18 heavy (non-hydrogen) atoms. The van der Waals surface area contributed by atoms with Crippen LogP contribution in [0.1, 0.15) is 48.0 Å². The van der Waals surface area contributed by atoms with Crippen molar-refractivity contribution in [1.29, 1.82) is 0 Å². The van der Waals surface area contributed by atoms with E-state index in [1.807, 2.05) is 0 Å². The molecule has 4 heteroatoms. The van der Waals surface area contributed by atoms with Gasteiger partial charge in [-0.3, -0.25) is 4.79 Å². The molecule has 0 fully saturated rings. The standard InChI is InChI=1S/C14H23NO2S/c1-5-6-7-17-14(16)9-15-11(3)13-8-10(2)18-12(13)4/h8,11,15H,5-7,9H2,1-4H3. The maximum atomic E-state index is 11.5. The van der Waals surface area contributed by atoms with Gasteiger partial charge in [0.2, 0.25) is 0 Å². The lowest BCUT2D eigenvalue weighted by Crippen LogP contribution is -2.27. The molecule has 0 aromatic carbocycles. The first kappa shape index (κ1) is 15.2. The highest BCUT2D eigenvalue weighted by molar-refractivity contribution is 7.12. The van der Waals surface area contributed by atoms with Crippen LogP contribution in [0.3, 0.4) is 0 Å². The second-order valence-corrected chi connectivity index (χ2v) is 6.01. The SMILES string of the molecule is CCCCOC(=O)CNC(C)c1cc(C)sc1C. The number of hydrogen-bond donors (Lipinski definition) is 1. The molecule has 1 N–H and O–H groups in total. The zero-order valence-electron chi connectivity index (χ0n) is 11.7. The molecule has 1 heterocycles. The number of unbranched alkanes of at least 4 members (excludes halogenated alkanes) is 1. The number of esters is 1. The molecule has 0 bridgehead atoms. The van der Waals surface area contributed by atoms with Crippen LogP contribution in [0.25, 0.3) is 0 Å². The first-order valence-corrected chi connectivity index (χ1v) is 7.32. The summed E-state index contributed by atoms with van der Waals surface area (Å²) in [5, 5.41) is 3.21. The van der Waals surface area contributed by atoms with E-state index in [-0.39, 0.29) is 18.6 Å². The second-order valence-electron chi connectivity index (χ2n) is 4.55. The Bertz CT molecular complexity index is 387. The third-order valence-electron chi connectivity index (χ3n) is 2.86. The van der Waals surface area contributed by atoms with E-state index < -0.39 is 0 Å². The summed E-state index contributed by atoms with van der Waals surface area (Å²) in [6, 6.07) is 2.37. The Kier molecular flexibility index (Phi) is 6.36. The van der Waals surface area contributed by atoms with Crippen molar-refractivity contribution >= 4 is 17.3 Å². The molecular weight excluding hydrogens is 246 g/mol. The van der Waals surface area contributed by atoms with Crippen LogP contribution in [-0.4, -0.2) is 19.1 Å². The van der Waals surface area contributed by atoms with Gasteiger partial charge in [0.05, 0.1) is 13.2 Å². The van der Waals surface area contributed by atoms with Crippen molar-refractivity contribution in [3.8, 4) is 0 Å². The zero-order valence-corrected chi connectivity index (χ0v) is 12.5. The Labute approximate surface area is 114 Å². The molecule has 0 amide bonds. The molecule has 0 aliphatic carbocycles. The number of ether oxygens (including phenoxy) is 1. The monoisotopic (exact) mass is 269 g/mol. The third-order valence-corrected chi connectivity index (χ3v) is 3.84. The van der Waals surface area contributed by atoms with E-state index in [2.05, 4.69) is 39.1 Å². The minimum atomic E-state index is -0.167. The summed E-state index contributed by atoms with van der Waals surface area (Å²) in [5.41, 5.74) is 1.28. The van der Waals surface area contributed by atoms with E-state index >= 15 is 0 Å². The summed E-state index contributed by atoms with van der Waals surface area (Å²) in [5.74, 6) is -0.167. The summed E-state index contributed by atoms with van der Waals surface area (Å²) in [7, 11) is 0. The van der Waals surface area contributed by atoms with Gasteiger partial charge in [-0.15, -0.1) is 11.3 Å². The van der Waals surface area contributed by atoms with E-state index in [9.17, 15) is 4.79 Å². The van der Waals surface area contributed by atoms with Gasteiger partial charge in [-0.05, 0) is 38.8 Å². The van der Waals surface area contributed by atoms with Crippen molar-refractivity contribution in [2.75, 3.05) is 13.2 Å². The number of rotatable bonds is 7. The van der Waals surface area contributed by atoms with Crippen LogP contribution in [0.5, 0.6) is 0 Å². The molecule has 102 valence electrons. The Morgan fingerprint density at radius 2 is 2.22 bits per heavy atom. The van der Waals surface area contributed by atoms with Gasteiger partial charge in [0.25, 0.3) is 0 Å². The van der Waals surface area contributed by atoms with E-state index in [1.54, 1.807) is 11.3 Å². The quantitative estimate of drug-likeness (QED) is 0.609. The predicted molar refractivity (Wildman–Crippen MR) is 76.1 cm³/mol. The summed E-state index contributed by atoms with van der Waals surface area (Å²) in [6.07, 6.45) is 1.98. The van der Waals surface area contributed by atoms with E-state index in [0.29, 0.717) is 6.61 Å². The second kappa shape index (κ2) is 7.54. The van der Waals surface area contributed by atoms with Crippen LogP contribution in [0.4, 0.5) is 0 Å². The Morgan fingerprint density at radius 1 is 1.50 bits per heavy atom. The molecule has 0 aliphatic heterocycles. The normalized spacial score (nSPS) is 12.4. The fraction of sp³-hybridized carbons (Fsp3) is 0.643. The third kappa shape index (κ3) is 4.78. The van der Waals surface area contributed by atoms with Gasteiger partial charge in [-0.25, -0.2) is 0 Å². The maximum Gasteiger partial charge on any atom is 0.319 e. The van der Waals surface area contributed by atoms with Crippen LogP contribution in [-0.2, 0) is 9.53 Å². The van der Waals surface area contributed by atoms with Crippen molar-refractivity contribution in [2.45, 2.75) is 46.6 Å². The molecule has 3 nitrogen and oxygen atoms in total. The Morgan fingerprint density at radius 3 is 2.78 bits per heavy atom. The lowest BCUT2D eigenvalue weighted by atomic mass is 10.1. The average molecular weight is 269 g/mol. The molecule has 0 saturated heterocycles. The van der Waals surface area contributed by atoms with Gasteiger partial charge in [-0.2, -0.15) is 0 Å². The van der Waals surface area contributed by atoms with Crippen LogP contribution in [0, 0.1) is 13.8 Å². The lowest BCUT2D eigenvalue weighted by Gasteiger charge is -2.13. The molecule has 1 aromatic rings. The van der Waals surface area contributed by atoms with E-state index in [1.165, 1.54) is 15.3 Å². The topological polar surface area (TPSA) is 38.3 Å². The Balaban J connectivity index is 2.34. The highest BCUT2D eigenvalue weighted by atomic mass is 32.1. The minimum absolute atomic E-state index is 0.167. The summed E-state index contributed by atoms with van der Waals surface area (Å²) < 4.78 is 5.11. The zero-order chi connectivity index (χ0) is 13.5. The highest BCUT2D eigenvalue weighted by Crippen LogP contribution is 2.25. The van der Waals surface area contributed by atoms with Crippen molar-refractivity contribution < 1.29 is 9.53 Å². The number of carbonyl (C=O) groups is 1. The van der Waals surface area contributed by atoms with Crippen molar-refractivity contribution in [3.63, 3.8) is 0 Å². The number of aryl methyl sites for hydroxylation is 2. The minimum Gasteiger partial charge on any atom is -0.465 e.